The Labute approximate surface area is 217 Å². The first-order valence-electron chi connectivity index (χ1n) is 8.56. The maximum atomic E-state index is 12.6. The van der Waals surface area contributed by atoms with E-state index in [4.69, 9.17) is 11.8 Å². The van der Waals surface area contributed by atoms with Gasteiger partial charge in [-0.2, -0.15) is 18.2 Å². The Morgan fingerprint density at radius 3 is 1.71 bits per heavy atom. The molecule has 2 unspecified atom stereocenters. The molecule has 0 amide bonds. The van der Waals surface area contributed by atoms with Crippen molar-refractivity contribution < 1.29 is 31.2 Å². The van der Waals surface area contributed by atoms with Crippen molar-refractivity contribution in [2.24, 2.45) is 0 Å². The van der Waals surface area contributed by atoms with E-state index in [9.17, 15) is 9.46 Å². The summed E-state index contributed by atoms with van der Waals surface area (Å²) in [6.45, 7) is 0. The summed E-state index contributed by atoms with van der Waals surface area (Å²) in [6.07, 6.45) is 0. The number of hydrogen-bond donors (Lipinski definition) is 2. The molecule has 162 valence electrons. The van der Waals surface area contributed by atoms with E-state index in [-0.39, 0.29) is 21.7 Å². The zero-order chi connectivity index (χ0) is 21.7. The predicted octanol–water partition coefficient (Wildman–Crippen LogP) is 6.45. The molecule has 0 aliphatic carbocycles. The van der Waals surface area contributed by atoms with Gasteiger partial charge in [0.2, 0.25) is 5.55 Å². The van der Waals surface area contributed by atoms with Crippen molar-refractivity contribution in [3.63, 3.8) is 0 Å². The van der Waals surface area contributed by atoms with Crippen LogP contribution in [0, 0.1) is 24.3 Å². The van der Waals surface area contributed by atoms with Crippen LogP contribution in [0.1, 0.15) is 0 Å². The Kier molecular flexibility index (Phi) is 14.4. The average Bonchev–Trinajstić information content (AvgIpc) is 3.53. The molecule has 1 N–H and O–H groups in total. The SMILES string of the molecule is O=P(S)(SSP(O)(=S)c1ccccc1)c1ccccc1.[Ti].[c-]1[c-][c-][cH-][c-]1.c1cc[cH-]c1. The molecule has 4 rings (SSSR count). The van der Waals surface area contributed by atoms with E-state index in [1.807, 2.05) is 66.7 Å². The van der Waals surface area contributed by atoms with Gasteiger partial charge >= 0.3 is 0 Å². The summed E-state index contributed by atoms with van der Waals surface area (Å²) < 4.78 is 12.6. The quantitative estimate of drug-likeness (QED) is 0.0979. The molecule has 2 nitrogen and oxygen atoms in total. The van der Waals surface area contributed by atoms with Crippen LogP contribution in [0.15, 0.2) is 97.1 Å². The fourth-order valence-electron chi connectivity index (χ4n) is 1.91. The van der Waals surface area contributed by atoms with E-state index in [2.05, 4.69) is 36.5 Å². The van der Waals surface area contributed by atoms with Crippen LogP contribution < -0.4 is 10.6 Å². The predicted molar refractivity (Wildman–Crippen MR) is 140 cm³/mol. The van der Waals surface area contributed by atoms with Crippen molar-refractivity contribution in [1.29, 1.82) is 0 Å². The topological polar surface area (TPSA) is 37.3 Å². The largest absolute Gasteiger partial charge is 0.999 e. The molecule has 0 bridgehead atoms. The maximum absolute atomic E-state index is 12.6. The molecule has 0 saturated carbocycles. The first-order chi connectivity index (χ1) is 14.4. The van der Waals surface area contributed by atoms with Crippen LogP contribution in [-0.2, 0) is 38.1 Å². The van der Waals surface area contributed by atoms with Crippen molar-refractivity contribution >= 4 is 66.5 Å². The van der Waals surface area contributed by atoms with Crippen LogP contribution in [0.5, 0.6) is 0 Å². The van der Waals surface area contributed by atoms with Crippen LogP contribution >= 0.6 is 44.1 Å². The van der Waals surface area contributed by atoms with E-state index in [0.717, 1.165) is 20.8 Å². The summed E-state index contributed by atoms with van der Waals surface area (Å²) in [5.74, 6) is 0. The maximum Gasteiger partial charge on any atom is 0.226 e. The standard InChI is InChI=1S/C12H12O2P2S4.C5H5.C5H.Ti/c13-15(17,11-7-3-1-4-8-11)19-20-16(14,18)12-9-5-2-6-10-12;2*1-2-4-5-3-1;/h1-10H,(H,13,17)(H,14,18);1-5H;1H;/q;-1;-5;. The minimum Gasteiger partial charge on any atom is -0.999 e. The van der Waals surface area contributed by atoms with Gasteiger partial charge in [-0.3, -0.25) is 4.57 Å². The molecule has 0 saturated heterocycles. The Morgan fingerprint density at radius 1 is 0.839 bits per heavy atom. The van der Waals surface area contributed by atoms with Gasteiger partial charge in [0.1, 0.15) is 0 Å². The van der Waals surface area contributed by atoms with Crippen LogP contribution in [0.4, 0.5) is 0 Å². The molecule has 9 heteroatoms. The van der Waals surface area contributed by atoms with E-state index in [1.54, 1.807) is 30.3 Å². The van der Waals surface area contributed by atoms with E-state index < -0.39 is 11.0 Å². The molecular formula is C22H18O2P2S4Ti-6. The second-order valence-corrected chi connectivity index (χ2v) is 20.4. The fraction of sp³-hybridized carbons (Fsp3) is 0. The molecule has 2 atom stereocenters. The second-order valence-electron chi connectivity index (χ2n) is 5.51. The normalized spacial score (nSPS) is 13.6. The molecule has 0 spiro atoms. The van der Waals surface area contributed by atoms with Gasteiger partial charge in [-0.05, 0) is 44.8 Å². The van der Waals surface area contributed by atoms with E-state index >= 15 is 0 Å². The fourth-order valence-corrected chi connectivity index (χ4v) is 18.6. The zero-order valence-electron chi connectivity index (χ0n) is 16.2. The number of rotatable bonds is 5. The third kappa shape index (κ3) is 11.4. The third-order valence-corrected chi connectivity index (χ3v) is 19.2. The van der Waals surface area contributed by atoms with Gasteiger partial charge in [0, 0.05) is 32.3 Å². The first kappa shape index (κ1) is 28.8. The molecule has 4 aromatic rings. The number of thiol groups is 1. The van der Waals surface area contributed by atoms with Crippen molar-refractivity contribution in [2.45, 2.75) is 0 Å². The summed E-state index contributed by atoms with van der Waals surface area (Å²) in [7, 11) is 2.16. The zero-order valence-corrected chi connectivity index (χ0v) is 22.9. The van der Waals surface area contributed by atoms with Gasteiger partial charge in [0.25, 0.3) is 0 Å². The van der Waals surface area contributed by atoms with Crippen molar-refractivity contribution in [1.82, 2.24) is 0 Å². The van der Waals surface area contributed by atoms with Gasteiger partial charge < -0.3 is 35.2 Å². The smallest absolute Gasteiger partial charge is 0.226 e. The average molecular weight is 552 g/mol. The van der Waals surface area contributed by atoms with Gasteiger partial charge in [-0.1, -0.05) is 60.8 Å². The van der Waals surface area contributed by atoms with Crippen LogP contribution in [0.2, 0.25) is 0 Å². The molecule has 31 heavy (non-hydrogen) atoms. The Balaban J connectivity index is 0.000000356. The summed E-state index contributed by atoms with van der Waals surface area (Å²) in [5.41, 5.74) is -5.66. The van der Waals surface area contributed by atoms with Gasteiger partial charge in [-0.15, -0.1) is 0 Å². The number of hydrogen-bond acceptors (Lipinski definition) is 4. The van der Waals surface area contributed by atoms with Crippen LogP contribution in [0.3, 0.4) is 0 Å². The van der Waals surface area contributed by atoms with Crippen molar-refractivity contribution in [3.05, 3.63) is 121 Å². The summed E-state index contributed by atoms with van der Waals surface area (Å²) in [6, 6.07) is 40.1. The van der Waals surface area contributed by atoms with Crippen molar-refractivity contribution in [3.8, 4) is 0 Å². The molecule has 0 fully saturated rings. The molecule has 0 radical (unpaired) electrons. The first-order valence-corrected chi connectivity index (χ1v) is 17.5. The number of benzene rings is 2. The molecule has 0 aliphatic heterocycles. The van der Waals surface area contributed by atoms with Gasteiger partial charge in [0.15, 0.2) is 5.47 Å². The molecule has 0 aromatic heterocycles. The minimum atomic E-state index is -2.89. The molecular weight excluding hydrogens is 534 g/mol. The third-order valence-electron chi connectivity index (χ3n) is 3.31. The van der Waals surface area contributed by atoms with Gasteiger partial charge in [-0.25, -0.2) is 12.1 Å². The summed E-state index contributed by atoms with van der Waals surface area (Å²) in [5, 5.41) is 1.36. The van der Waals surface area contributed by atoms with Crippen LogP contribution in [-0.4, -0.2) is 4.89 Å². The van der Waals surface area contributed by atoms with E-state index in [1.165, 1.54) is 0 Å². The second kappa shape index (κ2) is 15.6. The van der Waals surface area contributed by atoms with E-state index in [0.29, 0.717) is 10.6 Å². The summed E-state index contributed by atoms with van der Waals surface area (Å²) in [4.78, 5) is 10.4. The Hall–Kier alpha value is -0.256. The van der Waals surface area contributed by atoms with Crippen molar-refractivity contribution in [2.75, 3.05) is 0 Å². The monoisotopic (exact) mass is 552 g/mol. The molecule has 0 heterocycles. The van der Waals surface area contributed by atoms with Crippen LogP contribution in [0.25, 0.3) is 0 Å². The van der Waals surface area contributed by atoms with Gasteiger partial charge in [0.05, 0.1) is 0 Å². The Bertz CT molecular complexity index is 908. The minimum absolute atomic E-state index is 0. The molecule has 4 aromatic carbocycles. The molecule has 0 aliphatic rings. The summed E-state index contributed by atoms with van der Waals surface area (Å²) >= 11 is 9.54. The Morgan fingerprint density at radius 2 is 1.32 bits per heavy atom.